The number of hydrogen-bond acceptors (Lipinski definition) is 6. The van der Waals surface area contributed by atoms with Gasteiger partial charge in [-0.1, -0.05) is 28.6 Å². The number of nitrogens with zero attached hydrogens (tertiary/aromatic N) is 4. The molecule has 166 valence electrons. The highest BCUT2D eigenvalue weighted by molar-refractivity contribution is 5.95. The lowest BCUT2D eigenvalue weighted by molar-refractivity contribution is -0.723. The minimum atomic E-state index is -4.62. The quantitative estimate of drug-likeness (QED) is 0.429. The van der Waals surface area contributed by atoms with E-state index in [0.29, 0.717) is 11.5 Å². The lowest BCUT2D eigenvalue weighted by atomic mass is 10.1. The largest absolute Gasteiger partial charge is 0.497 e. The zero-order valence-corrected chi connectivity index (χ0v) is 17.3. The van der Waals surface area contributed by atoms with Crippen LogP contribution in [0.2, 0.25) is 0 Å². The smallest absolute Gasteiger partial charge is 0.416 e. The van der Waals surface area contributed by atoms with Crippen molar-refractivity contribution in [3.63, 3.8) is 0 Å². The molecule has 31 heavy (non-hydrogen) atoms. The minimum Gasteiger partial charge on any atom is -0.497 e. The van der Waals surface area contributed by atoms with Crippen LogP contribution in [0.15, 0.2) is 30.3 Å². The van der Waals surface area contributed by atoms with Crippen LogP contribution in [-0.2, 0) is 12.7 Å². The number of anilines is 1. The number of fused-ring (bicyclic) bond motifs is 1. The standard InChI is InChI=1S/C20H22F3N5O3/c1-4-14(5-2)31-18-7-6-17-25-27(19(24)28(17)26-18)11-16(29)12-8-13(20(21,22)23)10-15(9-12)30-3/h6-10,14,24H,4-5,11H2,1-3H3/p+1. The van der Waals surface area contributed by atoms with Crippen LogP contribution in [0.1, 0.15) is 42.6 Å². The molecule has 0 fully saturated rings. The molecule has 1 aromatic carbocycles. The molecule has 0 radical (unpaired) electrons. The van der Waals surface area contributed by atoms with Crippen LogP contribution in [-0.4, -0.2) is 33.7 Å². The molecule has 0 unspecified atom stereocenters. The maximum absolute atomic E-state index is 13.1. The topological polar surface area (TPSA) is 95.6 Å². The van der Waals surface area contributed by atoms with Gasteiger partial charge in [0.05, 0.1) is 12.7 Å². The molecule has 0 spiro atoms. The first-order chi connectivity index (χ1) is 14.7. The van der Waals surface area contributed by atoms with Crippen molar-refractivity contribution in [2.75, 3.05) is 12.8 Å². The molecule has 3 aromatic rings. The van der Waals surface area contributed by atoms with Gasteiger partial charge in [-0.15, -0.1) is 4.68 Å². The van der Waals surface area contributed by atoms with Crippen LogP contribution in [0, 0.1) is 0 Å². The summed E-state index contributed by atoms with van der Waals surface area (Å²) < 4.78 is 52.6. The first-order valence-corrected chi connectivity index (χ1v) is 9.67. The molecule has 8 nitrogen and oxygen atoms in total. The molecule has 3 rings (SSSR count). The number of rotatable bonds is 8. The van der Waals surface area contributed by atoms with Gasteiger partial charge >= 0.3 is 12.1 Å². The van der Waals surface area contributed by atoms with E-state index in [0.717, 1.165) is 25.0 Å². The minimum absolute atomic E-state index is 0.000661. The summed E-state index contributed by atoms with van der Waals surface area (Å²) in [5, 5.41) is 8.51. The Bertz CT molecular complexity index is 1090. The summed E-state index contributed by atoms with van der Waals surface area (Å²) in [4.78, 5) is 12.7. The molecule has 0 aliphatic carbocycles. The van der Waals surface area contributed by atoms with E-state index in [9.17, 15) is 18.0 Å². The molecule has 0 amide bonds. The van der Waals surface area contributed by atoms with Crippen molar-refractivity contribution >= 4 is 17.4 Å². The summed E-state index contributed by atoms with van der Waals surface area (Å²) >= 11 is 0. The van der Waals surface area contributed by atoms with Gasteiger partial charge in [0, 0.05) is 17.7 Å². The highest BCUT2D eigenvalue weighted by atomic mass is 19.4. The highest BCUT2D eigenvalue weighted by Crippen LogP contribution is 2.32. The molecule has 0 aliphatic rings. The van der Waals surface area contributed by atoms with Gasteiger partial charge in [-0.25, -0.2) is 0 Å². The predicted molar refractivity (Wildman–Crippen MR) is 105 cm³/mol. The molecule has 0 saturated carbocycles. The third-order valence-electron chi connectivity index (χ3n) is 4.78. The number of hydrogen-bond donors (Lipinski definition) is 1. The maximum Gasteiger partial charge on any atom is 0.416 e. The van der Waals surface area contributed by atoms with Gasteiger partial charge in [-0.2, -0.15) is 13.2 Å². The van der Waals surface area contributed by atoms with E-state index < -0.39 is 17.5 Å². The van der Waals surface area contributed by atoms with E-state index in [-0.39, 0.29) is 29.9 Å². The van der Waals surface area contributed by atoms with E-state index >= 15 is 0 Å². The summed E-state index contributed by atoms with van der Waals surface area (Å²) in [6.45, 7) is 3.63. The first kappa shape index (κ1) is 22.3. The SMILES string of the molecule is CCC(CC)Oc1ccc2n[n+](CC(=O)c3cc(OC)cc(C(F)(F)F)c3)c(N)n2n1. The van der Waals surface area contributed by atoms with Crippen molar-refractivity contribution in [2.24, 2.45) is 0 Å². The molecule has 11 heteroatoms. The fourth-order valence-electron chi connectivity index (χ4n) is 3.00. The Hall–Kier alpha value is -3.37. The van der Waals surface area contributed by atoms with Crippen LogP contribution in [0.3, 0.4) is 0 Å². The molecule has 0 atom stereocenters. The second-order valence-corrected chi connectivity index (χ2v) is 6.88. The van der Waals surface area contributed by atoms with E-state index in [1.54, 1.807) is 12.1 Å². The van der Waals surface area contributed by atoms with Gasteiger partial charge in [0.25, 0.3) is 5.65 Å². The van der Waals surface area contributed by atoms with Crippen LogP contribution >= 0.6 is 0 Å². The molecule has 2 heterocycles. The number of halogens is 3. The number of carbonyl (C=O) groups is 1. The molecule has 0 saturated heterocycles. The van der Waals surface area contributed by atoms with Crippen molar-refractivity contribution in [1.29, 1.82) is 0 Å². The van der Waals surface area contributed by atoms with Crippen molar-refractivity contribution < 1.29 is 32.1 Å². The number of carbonyl (C=O) groups excluding carboxylic acids is 1. The number of methoxy groups -OCH3 is 1. The fourth-order valence-corrected chi connectivity index (χ4v) is 3.00. The molecular weight excluding hydrogens is 415 g/mol. The summed E-state index contributed by atoms with van der Waals surface area (Å²) in [7, 11) is 1.23. The zero-order valence-electron chi connectivity index (χ0n) is 17.3. The lowest BCUT2D eigenvalue weighted by Crippen LogP contribution is -2.42. The van der Waals surface area contributed by atoms with Gasteiger partial charge in [0.2, 0.25) is 5.88 Å². The van der Waals surface area contributed by atoms with E-state index in [1.165, 1.54) is 22.4 Å². The second kappa shape index (κ2) is 8.78. The third kappa shape index (κ3) is 4.86. The molecule has 2 N–H and O–H groups in total. The number of nitrogen functional groups attached to an aromatic ring is 1. The molecular formula is C20H23F3N5O3+. The Balaban J connectivity index is 1.89. The van der Waals surface area contributed by atoms with Crippen molar-refractivity contribution in [1.82, 2.24) is 14.7 Å². The van der Waals surface area contributed by atoms with E-state index in [2.05, 4.69) is 10.2 Å². The van der Waals surface area contributed by atoms with Crippen molar-refractivity contribution in [3.8, 4) is 11.6 Å². The number of aromatic nitrogens is 4. The summed E-state index contributed by atoms with van der Waals surface area (Å²) in [6, 6.07) is 6.12. The Morgan fingerprint density at radius 1 is 1.23 bits per heavy atom. The lowest BCUT2D eigenvalue weighted by Gasteiger charge is -2.13. The zero-order chi connectivity index (χ0) is 22.8. The first-order valence-electron chi connectivity index (χ1n) is 9.67. The number of benzene rings is 1. The van der Waals surface area contributed by atoms with Gasteiger partial charge in [-0.05, 0) is 31.0 Å². The highest BCUT2D eigenvalue weighted by Gasteiger charge is 2.32. The number of nitrogens with two attached hydrogens (primary N) is 1. The maximum atomic E-state index is 13.1. The summed E-state index contributed by atoms with van der Waals surface area (Å²) in [6.07, 6.45) is -3.00. The van der Waals surface area contributed by atoms with Gasteiger partial charge in [0.15, 0.2) is 12.3 Å². The Kier molecular flexibility index (Phi) is 6.32. The Labute approximate surface area is 176 Å². The number of ether oxygens (including phenoxy) is 2. The van der Waals surface area contributed by atoms with Crippen molar-refractivity contribution in [2.45, 2.75) is 45.5 Å². The van der Waals surface area contributed by atoms with Crippen LogP contribution < -0.4 is 19.9 Å². The fraction of sp³-hybridized carbons (Fsp3) is 0.400. The Morgan fingerprint density at radius 2 is 1.94 bits per heavy atom. The number of Topliss-reactive ketones (excluding diaryl/α,β-unsaturated/α-hetero) is 1. The normalized spacial score (nSPS) is 11.8. The van der Waals surface area contributed by atoms with Crippen LogP contribution in [0.25, 0.3) is 5.65 Å². The third-order valence-corrected chi connectivity index (χ3v) is 4.78. The summed E-state index contributed by atoms with van der Waals surface area (Å²) in [5.74, 6) is -0.294. The second-order valence-electron chi connectivity index (χ2n) is 6.88. The van der Waals surface area contributed by atoms with Gasteiger partial charge < -0.3 is 9.47 Å². The molecule has 0 aliphatic heterocycles. The molecule has 2 aromatic heterocycles. The van der Waals surface area contributed by atoms with Crippen molar-refractivity contribution in [3.05, 3.63) is 41.5 Å². The molecule has 0 bridgehead atoms. The van der Waals surface area contributed by atoms with E-state index in [4.69, 9.17) is 15.2 Å². The Morgan fingerprint density at radius 3 is 2.55 bits per heavy atom. The van der Waals surface area contributed by atoms with E-state index in [1.807, 2.05) is 13.8 Å². The number of alkyl halides is 3. The summed E-state index contributed by atoms with van der Waals surface area (Å²) in [5.41, 5.74) is 5.29. The average molecular weight is 438 g/mol. The van der Waals surface area contributed by atoms with Gasteiger partial charge in [-0.3, -0.25) is 10.5 Å². The van der Waals surface area contributed by atoms with Gasteiger partial charge in [0.1, 0.15) is 11.9 Å². The predicted octanol–water partition coefficient (Wildman–Crippen LogP) is 3.08. The van der Waals surface area contributed by atoms with Crippen LogP contribution in [0.5, 0.6) is 11.6 Å². The monoisotopic (exact) mass is 438 g/mol. The average Bonchev–Trinajstić information content (AvgIpc) is 3.05. The van der Waals surface area contributed by atoms with Crippen LogP contribution in [0.4, 0.5) is 19.1 Å². The number of ketones is 1.